The van der Waals surface area contributed by atoms with E-state index in [1.165, 1.54) is 0 Å². The zero-order chi connectivity index (χ0) is 17.1. The van der Waals surface area contributed by atoms with Crippen molar-refractivity contribution in [3.05, 3.63) is 42.0 Å². The summed E-state index contributed by atoms with van der Waals surface area (Å²) in [4.78, 5) is 27.9. The van der Waals surface area contributed by atoms with Crippen molar-refractivity contribution in [1.82, 2.24) is 4.90 Å². The maximum Gasteiger partial charge on any atom is 0.230 e. The Bertz CT molecular complexity index is 727. The molecule has 4 rings (SSSR count). The second-order valence-corrected chi connectivity index (χ2v) is 6.97. The number of fused-ring (bicyclic) bond motifs is 1. The molecule has 3 aliphatic rings. The smallest absolute Gasteiger partial charge is 0.230 e. The summed E-state index contributed by atoms with van der Waals surface area (Å²) in [5, 5.41) is 11.4. The standard InChI is InChI=1S/C18H20N2O4/c1-19(2)12-5-3-11(4-6-12)9-20-10-18-8-7-13(24-18)14(17(22)23)15(18)16(20)21/h3-8,13-15H,9-10H2,1-2H3,(H,22,23)/p-1/t13-,14-,15-,18+/m0/s1. The molecule has 6 nitrogen and oxygen atoms in total. The van der Waals surface area contributed by atoms with Crippen molar-refractivity contribution in [2.24, 2.45) is 11.8 Å². The summed E-state index contributed by atoms with van der Waals surface area (Å²) in [6, 6.07) is 7.97. The molecule has 6 heteroatoms. The van der Waals surface area contributed by atoms with Gasteiger partial charge in [-0.2, -0.15) is 0 Å². The van der Waals surface area contributed by atoms with Crippen LogP contribution in [-0.2, 0) is 20.9 Å². The first-order valence-electron chi connectivity index (χ1n) is 8.04. The maximum absolute atomic E-state index is 12.8. The first-order valence-corrected chi connectivity index (χ1v) is 8.04. The Morgan fingerprint density at radius 1 is 1.38 bits per heavy atom. The van der Waals surface area contributed by atoms with Gasteiger partial charge in [0.25, 0.3) is 0 Å². The van der Waals surface area contributed by atoms with Gasteiger partial charge in [-0.15, -0.1) is 0 Å². The first-order chi connectivity index (χ1) is 11.4. The molecule has 0 unspecified atom stereocenters. The average Bonchev–Trinajstić information content (AvgIpc) is 3.16. The van der Waals surface area contributed by atoms with E-state index in [1.54, 1.807) is 11.0 Å². The van der Waals surface area contributed by atoms with Crippen LogP contribution < -0.4 is 10.0 Å². The highest BCUT2D eigenvalue weighted by molar-refractivity contribution is 5.90. The molecule has 0 aliphatic carbocycles. The second kappa shape index (κ2) is 5.08. The van der Waals surface area contributed by atoms with Gasteiger partial charge in [0.1, 0.15) is 5.60 Å². The number of rotatable bonds is 4. The molecular formula is C18H19N2O4-. The Kier molecular flexibility index (Phi) is 3.22. The monoisotopic (exact) mass is 327 g/mol. The van der Waals surface area contributed by atoms with E-state index in [1.807, 2.05) is 49.3 Å². The predicted molar refractivity (Wildman–Crippen MR) is 84.9 cm³/mol. The Morgan fingerprint density at radius 3 is 2.71 bits per heavy atom. The van der Waals surface area contributed by atoms with Gasteiger partial charge in [0.15, 0.2) is 0 Å². The molecule has 0 radical (unpaired) electrons. The van der Waals surface area contributed by atoms with Gasteiger partial charge in [0, 0.05) is 38.2 Å². The minimum Gasteiger partial charge on any atom is -0.550 e. The van der Waals surface area contributed by atoms with Crippen LogP contribution >= 0.6 is 0 Å². The third kappa shape index (κ3) is 2.06. The van der Waals surface area contributed by atoms with Crippen molar-refractivity contribution >= 4 is 17.6 Å². The highest BCUT2D eigenvalue weighted by Crippen LogP contribution is 2.51. The minimum absolute atomic E-state index is 0.160. The van der Waals surface area contributed by atoms with E-state index in [-0.39, 0.29) is 5.91 Å². The number of aliphatic carboxylic acids is 1. The molecule has 1 aromatic rings. The summed E-state index contributed by atoms with van der Waals surface area (Å²) in [5.74, 6) is -2.92. The number of carboxylic acids is 1. The van der Waals surface area contributed by atoms with Gasteiger partial charge in [-0.25, -0.2) is 0 Å². The van der Waals surface area contributed by atoms with Gasteiger partial charge in [-0.1, -0.05) is 24.3 Å². The molecule has 2 bridgehead atoms. The first kappa shape index (κ1) is 15.2. The van der Waals surface area contributed by atoms with Crippen molar-refractivity contribution in [3.8, 4) is 0 Å². The number of nitrogens with zero attached hydrogens (tertiary/aromatic N) is 2. The fourth-order valence-electron chi connectivity index (χ4n) is 4.10. The molecule has 2 saturated heterocycles. The van der Waals surface area contributed by atoms with Crippen LogP contribution in [0.4, 0.5) is 5.69 Å². The topological polar surface area (TPSA) is 72.9 Å². The number of hydrogen-bond donors (Lipinski definition) is 0. The lowest BCUT2D eigenvalue weighted by Gasteiger charge is -2.24. The minimum atomic E-state index is -1.21. The van der Waals surface area contributed by atoms with E-state index in [4.69, 9.17) is 4.74 Å². The third-order valence-electron chi connectivity index (χ3n) is 5.28. The molecular weight excluding hydrogens is 308 g/mol. The van der Waals surface area contributed by atoms with Gasteiger partial charge in [0.2, 0.25) is 5.91 Å². The molecule has 0 aromatic heterocycles. The van der Waals surface area contributed by atoms with Crippen molar-refractivity contribution in [2.45, 2.75) is 18.2 Å². The SMILES string of the molecule is CN(C)c1ccc(CN2C[C@@]34C=C[C@H](O3)[C@H](C(=O)[O-])[C@H]4C2=O)cc1. The van der Waals surface area contributed by atoms with E-state index in [0.717, 1.165) is 11.3 Å². The molecule has 0 saturated carbocycles. The van der Waals surface area contributed by atoms with E-state index in [9.17, 15) is 14.7 Å². The van der Waals surface area contributed by atoms with E-state index < -0.39 is 29.5 Å². The van der Waals surface area contributed by atoms with Gasteiger partial charge >= 0.3 is 0 Å². The van der Waals surface area contributed by atoms with Crippen molar-refractivity contribution in [2.75, 3.05) is 25.5 Å². The van der Waals surface area contributed by atoms with Crippen molar-refractivity contribution in [3.63, 3.8) is 0 Å². The zero-order valence-corrected chi connectivity index (χ0v) is 13.6. The number of carbonyl (C=O) groups excluding carboxylic acids is 2. The van der Waals surface area contributed by atoms with E-state index in [0.29, 0.717) is 13.1 Å². The molecule has 1 amide bonds. The quantitative estimate of drug-likeness (QED) is 0.715. The molecule has 1 spiro atoms. The number of benzene rings is 1. The van der Waals surface area contributed by atoms with E-state index in [2.05, 4.69) is 0 Å². The van der Waals surface area contributed by atoms with E-state index >= 15 is 0 Å². The Balaban J connectivity index is 1.55. The Hall–Kier alpha value is -2.34. The van der Waals surface area contributed by atoms with Gasteiger partial charge in [0.05, 0.1) is 18.6 Å². The van der Waals surface area contributed by atoms with Crippen LogP contribution in [0.2, 0.25) is 0 Å². The number of carboxylic acid groups (broad SMARTS) is 1. The zero-order valence-electron chi connectivity index (χ0n) is 13.6. The fraction of sp³-hybridized carbons (Fsp3) is 0.444. The van der Waals surface area contributed by atoms with Gasteiger partial charge in [-0.3, -0.25) is 4.79 Å². The average molecular weight is 327 g/mol. The number of carbonyl (C=O) groups is 2. The Morgan fingerprint density at radius 2 is 2.08 bits per heavy atom. The predicted octanol–water partition coefficient (Wildman–Crippen LogP) is -0.215. The summed E-state index contributed by atoms with van der Waals surface area (Å²) < 4.78 is 5.85. The lowest BCUT2D eigenvalue weighted by molar-refractivity contribution is -0.313. The number of anilines is 1. The van der Waals surface area contributed by atoms with Crippen LogP contribution in [0.5, 0.6) is 0 Å². The van der Waals surface area contributed by atoms with Crippen LogP contribution in [0, 0.1) is 11.8 Å². The van der Waals surface area contributed by atoms with Crippen molar-refractivity contribution < 1.29 is 19.4 Å². The number of amides is 1. The lowest BCUT2D eigenvalue weighted by atomic mass is 9.77. The molecule has 4 atom stereocenters. The van der Waals surface area contributed by atoms with Gasteiger partial charge < -0.3 is 24.4 Å². The molecule has 1 aromatic carbocycles. The van der Waals surface area contributed by atoms with Crippen molar-refractivity contribution in [1.29, 1.82) is 0 Å². The normalized spacial score (nSPS) is 33.2. The third-order valence-corrected chi connectivity index (χ3v) is 5.28. The number of likely N-dealkylation sites (tertiary alicyclic amines) is 1. The highest BCUT2D eigenvalue weighted by Gasteiger charge is 2.65. The largest absolute Gasteiger partial charge is 0.550 e. The molecule has 0 N–H and O–H groups in total. The summed E-state index contributed by atoms with van der Waals surface area (Å²) >= 11 is 0. The second-order valence-electron chi connectivity index (χ2n) is 6.97. The molecule has 24 heavy (non-hydrogen) atoms. The molecule has 126 valence electrons. The summed E-state index contributed by atoms with van der Waals surface area (Å²) in [6.07, 6.45) is 3.07. The molecule has 3 aliphatic heterocycles. The van der Waals surface area contributed by atoms with Crippen LogP contribution in [0.3, 0.4) is 0 Å². The fourth-order valence-corrected chi connectivity index (χ4v) is 4.10. The van der Waals surface area contributed by atoms with Crippen LogP contribution in [-0.4, -0.2) is 49.1 Å². The lowest BCUT2D eigenvalue weighted by Crippen LogP contribution is -2.45. The van der Waals surface area contributed by atoms with Crippen LogP contribution in [0.15, 0.2) is 36.4 Å². The van der Waals surface area contributed by atoms with Crippen LogP contribution in [0.25, 0.3) is 0 Å². The number of ether oxygens (including phenoxy) is 1. The summed E-state index contributed by atoms with van der Waals surface area (Å²) in [7, 11) is 3.94. The summed E-state index contributed by atoms with van der Waals surface area (Å²) in [6.45, 7) is 0.842. The summed E-state index contributed by atoms with van der Waals surface area (Å²) in [5.41, 5.74) is 1.30. The van der Waals surface area contributed by atoms with Crippen LogP contribution in [0.1, 0.15) is 5.56 Å². The van der Waals surface area contributed by atoms with Gasteiger partial charge in [-0.05, 0) is 17.7 Å². The molecule has 3 heterocycles. The molecule has 2 fully saturated rings. The Labute approximate surface area is 140 Å². The number of hydrogen-bond acceptors (Lipinski definition) is 5. The maximum atomic E-state index is 12.8. The highest BCUT2D eigenvalue weighted by atomic mass is 16.5.